The SMILES string of the molecule is CC(O)C(O)C(=O)N1Cc2ccccc2C1.O=CNCc1ccc(-c2ccc(F)cc2O)cc1. The Bertz CT molecular complexity index is 1110. The van der Waals surface area contributed by atoms with Crippen molar-refractivity contribution in [2.45, 2.75) is 38.8 Å². The highest BCUT2D eigenvalue weighted by molar-refractivity contribution is 5.81. The highest BCUT2D eigenvalue weighted by atomic mass is 19.1. The van der Waals surface area contributed by atoms with E-state index in [0.29, 0.717) is 31.6 Å². The Morgan fingerprint density at radius 2 is 1.68 bits per heavy atom. The van der Waals surface area contributed by atoms with Gasteiger partial charge < -0.3 is 25.5 Å². The number of aliphatic hydroxyl groups is 2. The first-order chi connectivity index (χ1) is 16.3. The molecule has 1 heterocycles. The molecule has 3 aromatic rings. The molecule has 0 aromatic heterocycles. The first kappa shape index (κ1) is 24.9. The summed E-state index contributed by atoms with van der Waals surface area (Å²) in [7, 11) is 0. The van der Waals surface area contributed by atoms with Gasteiger partial charge in [0.1, 0.15) is 11.6 Å². The molecule has 34 heavy (non-hydrogen) atoms. The third-order valence-corrected chi connectivity index (χ3v) is 5.48. The molecule has 0 saturated heterocycles. The molecule has 2 atom stereocenters. The fraction of sp³-hybridized carbons (Fsp3) is 0.231. The van der Waals surface area contributed by atoms with Gasteiger partial charge in [0.2, 0.25) is 6.41 Å². The smallest absolute Gasteiger partial charge is 0.254 e. The summed E-state index contributed by atoms with van der Waals surface area (Å²) >= 11 is 0. The largest absolute Gasteiger partial charge is 0.507 e. The molecular formula is C26H27FN2O5. The van der Waals surface area contributed by atoms with Crippen LogP contribution in [0.1, 0.15) is 23.6 Å². The number of fused-ring (bicyclic) bond motifs is 1. The lowest BCUT2D eigenvalue weighted by Crippen LogP contribution is -2.41. The molecule has 0 bridgehead atoms. The molecule has 7 nitrogen and oxygen atoms in total. The number of hydrogen-bond acceptors (Lipinski definition) is 5. The van der Waals surface area contributed by atoms with E-state index in [-0.39, 0.29) is 5.75 Å². The third-order valence-electron chi connectivity index (χ3n) is 5.48. The Labute approximate surface area is 197 Å². The second-order valence-corrected chi connectivity index (χ2v) is 8.01. The predicted octanol–water partition coefficient (Wildman–Crippen LogP) is 2.71. The zero-order valence-electron chi connectivity index (χ0n) is 18.7. The van der Waals surface area contributed by atoms with Crippen molar-refractivity contribution in [1.29, 1.82) is 0 Å². The number of phenols is 1. The maximum absolute atomic E-state index is 12.9. The minimum Gasteiger partial charge on any atom is -0.507 e. The summed E-state index contributed by atoms with van der Waals surface area (Å²) in [6.45, 7) is 2.89. The molecular weight excluding hydrogens is 439 g/mol. The average Bonchev–Trinajstić information content (AvgIpc) is 3.27. The van der Waals surface area contributed by atoms with Gasteiger partial charge in [-0.1, -0.05) is 48.5 Å². The Hall–Kier alpha value is -3.75. The highest BCUT2D eigenvalue weighted by Gasteiger charge is 2.29. The van der Waals surface area contributed by atoms with Gasteiger partial charge in [0.25, 0.3) is 5.91 Å². The van der Waals surface area contributed by atoms with E-state index in [2.05, 4.69) is 5.32 Å². The van der Waals surface area contributed by atoms with Gasteiger partial charge in [-0.25, -0.2) is 4.39 Å². The number of carbonyl (C=O) groups excluding carboxylic acids is 2. The van der Waals surface area contributed by atoms with Crippen LogP contribution in [0.25, 0.3) is 11.1 Å². The summed E-state index contributed by atoms with van der Waals surface area (Å²) < 4.78 is 12.9. The number of aliphatic hydroxyl groups excluding tert-OH is 2. The fourth-order valence-corrected chi connectivity index (χ4v) is 3.59. The summed E-state index contributed by atoms with van der Waals surface area (Å²) in [6.07, 6.45) is -1.72. The molecule has 0 spiro atoms. The van der Waals surface area contributed by atoms with Crippen molar-refractivity contribution >= 4 is 12.3 Å². The van der Waals surface area contributed by atoms with E-state index in [9.17, 15) is 29.3 Å². The topological polar surface area (TPSA) is 110 Å². The monoisotopic (exact) mass is 466 g/mol. The van der Waals surface area contributed by atoms with Crippen molar-refractivity contribution in [3.05, 3.63) is 89.2 Å². The highest BCUT2D eigenvalue weighted by Crippen LogP contribution is 2.29. The van der Waals surface area contributed by atoms with Crippen molar-refractivity contribution in [1.82, 2.24) is 10.2 Å². The number of phenolic OH excluding ortho intramolecular Hbond substituents is 1. The molecule has 8 heteroatoms. The summed E-state index contributed by atoms with van der Waals surface area (Å²) in [5, 5.41) is 30.9. The number of carbonyl (C=O) groups is 2. The Kier molecular flexibility index (Phi) is 8.34. The van der Waals surface area contributed by atoms with Crippen molar-refractivity contribution in [2.75, 3.05) is 0 Å². The number of aromatic hydroxyl groups is 1. The zero-order valence-corrected chi connectivity index (χ0v) is 18.7. The van der Waals surface area contributed by atoms with E-state index >= 15 is 0 Å². The quantitative estimate of drug-likeness (QED) is 0.418. The molecule has 4 N–H and O–H groups in total. The van der Waals surface area contributed by atoms with Gasteiger partial charge in [-0.2, -0.15) is 0 Å². The molecule has 4 rings (SSSR count). The van der Waals surface area contributed by atoms with Gasteiger partial charge in [0.15, 0.2) is 6.10 Å². The van der Waals surface area contributed by atoms with E-state index in [1.807, 2.05) is 48.5 Å². The summed E-state index contributed by atoms with van der Waals surface area (Å²) in [4.78, 5) is 23.5. The Balaban J connectivity index is 0.000000192. The van der Waals surface area contributed by atoms with Crippen LogP contribution in [-0.2, 0) is 29.2 Å². The summed E-state index contributed by atoms with van der Waals surface area (Å²) in [6, 6.07) is 19.0. The lowest BCUT2D eigenvalue weighted by Gasteiger charge is -2.21. The molecule has 0 aliphatic carbocycles. The third kappa shape index (κ3) is 6.18. The van der Waals surface area contributed by atoms with Crippen LogP contribution in [0.4, 0.5) is 4.39 Å². The molecule has 1 aliphatic heterocycles. The van der Waals surface area contributed by atoms with Crippen molar-refractivity contribution in [2.24, 2.45) is 0 Å². The second kappa shape index (κ2) is 11.4. The lowest BCUT2D eigenvalue weighted by molar-refractivity contribution is -0.146. The molecule has 3 aromatic carbocycles. The number of nitrogens with zero attached hydrogens (tertiary/aromatic N) is 1. The van der Waals surface area contributed by atoms with E-state index in [1.54, 1.807) is 4.90 Å². The normalized spacial score (nSPS) is 13.8. The van der Waals surface area contributed by atoms with E-state index in [0.717, 1.165) is 28.3 Å². The fourth-order valence-electron chi connectivity index (χ4n) is 3.59. The number of halogens is 1. The minimum atomic E-state index is -1.32. The zero-order chi connectivity index (χ0) is 24.7. The summed E-state index contributed by atoms with van der Waals surface area (Å²) in [5.74, 6) is -0.969. The van der Waals surface area contributed by atoms with Crippen molar-refractivity contribution in [3.63, 3.8) is 0 Å². The molecule has 0 fully saturated rings. The van der Waals surface area contributed by atoms with Crippen LogP contribution in [-0.4, -0.2) is 44.7 Å². The van der Waals surface area contributed by atoms with Crippen LogP contribution < -0.4 is 5.32 Å². The number of hydrogen-bond donors (Lipinski definition) is 4. The maximum atomic E-state index is 12.9. The standard InChI is InChI=1S/C14H12FNO2.C12H15NO3/c15-12-5-6-13(14(18)7-12)11-3-1-10(2-4-11)8-16-9-17;1-8(14)11(15)12(16)13-6-9-4-2-3-5-10(9)7-13/h1-7,9,18H,8H2,(H,16,17);2-5,8,11,14-15H,6-7H2,1H3. The number of rotatable bonds is 6. The Morgan fingerprint density at radius 1 is 1.06 bits per heavy atom. The van der Waals surface area contributed by atoms with Gasteiger partial charge >= 0.3 is 0 Å². The van der Waals surface area contributed by atoms with Crippen molar-refractivity contribution in [3.8, 4) is 16.9 Å². The molecule has 2 amide bonds. The average molecular weight is 467 g/mol. The van der Waals surface area contributed by atoms with E-state index in [4.69, 9.17) is 0 Å². The second-order valence-electron chi connectivity index (χ2n) is 8.01. The van der Waals surface area contributed by atoms with Crippen LogP contribution in [0.5, 0.6) is 5.75 Å². The lowest BCUT2D eigenvalue weighted by atomic mass is 10.0. The van der Waals surface area contributed by atoms with Crippen LogP contribution in [0.2, 0.25) is 0 Å². The van der Waals surface area contributed by atoms with Crippen LogP contribution in [0.15, 0.2) is 66.7 Å². The number of nitrogens with one attached hydrogen (secondary N) is 1. The molecule has 178 valence electrons. The minimum absolute atomic E-state index is 0.0891. The van der Waals surface area contributed by atoms with Gasteiger partial charge in [-0.15, -0.1) is 0 Å². The van der Waals surface area contributed by atoms with Crippen LogP contribution in [0.3, 0.4) is 0 Å². The van der Waals surface area contributed by atoms with E-state index < -0.39 is 23.9 Å². The van der Waals surface area contributed by atoms with Crippen molar-refractivity contribution < 1.29 is 29.3 Å². The van der Waals surface area contributed by atoms with Gasteiger partial charge in [-0.05, 0) is 41.3 Å². The van der Waals surface area contributed by atoms with Crippen LogP contribution >= 0.6 is 0 Å². The van der Waals surface area contributed by atoms with Gasteiger partial charge in [-0.3, -0.25) is 9.59 Å². The molecule has 0 radical (unpaired) electrons. The molecule has 0 saturated carbocycles. The molecule has 1 aliphatic rings. The first-order valence-electron chi connectivity index (χ1n) is 10.8. The number of amides is 2. The summed E-state index contributed by atoms with van der Waals surface area (Å²) in [5.41, 5.74) is 4.53. The van der Waals surface area contributed by atoms with Gasteiger partial charge in [0, 0.05) is 31.3 Å². The van der Waals surface area contributed by atoms with E-state index in [1.165, 1.54) is 19.1 Å². The Morgan fingerprint density at radius 3 is 2.21 bits per heavy atom. The van der Waals surface area contributed by atoms with Gasteiger partial charge in [0.05, 0.1) is 6.10 Å². The maximum Gasteiger partial charge on any atom is 0.254 e. The van der Waals surface area contributed by atoms with Crippen LogP contribution in [0, 0.1) is 5.82 Å². The predicted molar refractivity (Wildman–Crippen MR) is 125 cm³/mol. The molecule has 2 unspecified atom stereocenters. The first-order valence-corrected chi connectivity index (χ1v) is 10.8. The number of benzene rings is 3.